The Morgan fingerprint density at radius 3 is 2.47 bits per heavy atom. The van der Waals surface area contributed by atoms with Crippen molar-refractivity contribution in [2.45, 2.75) is 52.5 Å². The first kappa shape index (κ1) is 14.4. The van der Waals surface area contributed by atoms with Gasteiger partial charge in [-0.15, -0.1) is 0 Å². The second-order valence-corrected chi connectivity index (χ2v) is 4.53. The van der Waals surface area contributed by atoms with Crippen LogP contribution in [-0.2, 0) is 9.53 Å². The Bertz CT molecular complexity index is 169. The number of ether oxygens (including phenoxy) is 1. The van der Waals surface area contributed by atoms with Crippen LogP contribution in [0, 0.1) is 5.92 Å². The molecule has 0 aromatic rings. The van der Waals surface area contributed by atoms with E-state index in [4.69, 9.17) is 0 Å². The van der Waals surface area contributed by atoms with Gasteiger partial charge in [-0.05, 0) is 25.8 Å². The molecule has 1 atom stereocenters. The van der Waals surface area contributed by atoms with Crippen LogP contribution in [0.25, 0.3) is 0 Å². The van der Waals surface area contributed by atoms with Crippen LogP contribution in [0.2, 0.25) is 0 Å². The van der Waals surface area contributed by atoms with Crippen molar-refractivity contribution < 1.29 is 9.53 Å². The summed E-state index contributed by atoms with van der Waals surface area (Å²) in [4.78, 5) is 10.9. The number of hydrogen-bond donors (Lipinski definition) is 1. The predicted octanol–water partition coefficient (Wildman–Crippen LogP) is 2.35. The lowest BCUT2D eigenvalue weighted by Gasteiger charge is -2.12. The van der Waals surface area contributed by atoms with Crippen molar-refractivity contribution >= 4 is 5.97 Å². The molecule has 0 spiro atoms. The summed E-state index contributed by atoms with van der Waals surface area (Å²) in [5, 5.41) is 3.32. The molecule has 3 nitrogen and oxygen atoms in total. The molecule has 3 heteroatoms. The second-order valence-electron chi connectivity index (χ2n) is 4.53. The zero-order chi connectivity index (χ0) is 11.7. The number of carbonyl (C=O) groups excluding carboxylic acids is 1. The van der Waals surface area contributed by atoms with Crippen LogP contribution >= 0.6 is 0 Å². The molecule has 15 heavy (non-hydrogen) atoms. The highest BCUT2D eigenvalue weighted by molar-refractivity contribution is 5.69. The average molecular weight is 215 g/mol. The van der Waals surface area contributed by atoms with Gasteiger partial charge < -0.3 is 10.1 Å². The van der Waals surface area contributed by atoms with E-state index in [2.05, 4.69) is 23.9 Å². The van der Waals surface area contributed by atoms with Crippen LogP contribution in [-0.4, -0.2) is 25.7 Å². The summed E-state index contributed by atoms with van der Waals surface area (Å²) in [6, 6.07) is 0.219. The number of unbranched alkanes of at least 4 members (excludes halogenated alkanes) is 1. The number of carbonyl (C=O) groups is 1. The highest BCUT2D eigenvalue weighted by atomic mass is 16.5. The van der Waals surface area contributed by atoms with E-state index < -0.39 is 0 Å². The monoisotopic (exact) mass is 215 g/mol. The quantitative estimate of drug-likeness (QED) is 0.499. The van der Waals surface area contributed by atoms with Gasteiger partial charge in [-0.3, -0.25) is 4.79 Å². The van der Waals surface area contributed by atoms with Gasteiger partial charge in [-0.1, -0.05) is 26.7 Å². The summed E-state index contributed by atoms with van der Waals surface area (Å²) < 4.78 is 4.60. The summed E-state index contributed by atoms with van der Waals surface area (Å²) in [6.07, 6.45) is 4.19. The first-order valence-corrected chi connectivity index (χ1v) is 5.86. The molecule has 0 aliphatic heterocycles. The molecule has 0 radical (unpaired) electrons. The Labute approximate surface area is 93.6 Å². The molecule has 0 aromatic carbocycles. The maximum absolute atomic E-state index is 10.9. The molecule has 0 saturated heterocycles. The zero-order valence-corrected chi connectivity index (χ0v) is 10.5. The molecular formula is C12H25NO2. The third-order valence-corrected chi connectivity index (χ3v) is 2.40. The summed E-state index contributed by atoms with van der Waals surface area (Å²) in [5.41, 5.74) is 0. The van der Waals surface area contributed by atoms with Crippen molar-refractivity contribution in [2.24, 2.45) is 5.92 Å². The molecule has 0 rings (SSSR count). The molecule has 0 aliphatic carbocycles. The summed E-state index contributed by atoms with van der Waals surface area (Å²) >= 11 is 0. The van der Waals surface area contributed by atoms with Crippen LogP contribution in [0.4, 0.5) is 0 Å². The van der Waals surface area contributed by atoms with Gasteiger partial charge in [0.25, 0.3) is 0 Å². The first-order chi connectivity index (χ1) is 7.06. The van der Waals surface area contributed by atoms with Crippen LogP contribution in [0.3, 0.4) is 0 Å². The first-order valence-electron chi connectivity index (χ1n) is 5.86. The number of methoxy groups -OCH3 is 1. The van der Waals surface area contributed by atoms with Crippen molar-refractivity contribution in [1.29, 1.82) is 0 Å². The molecule has 0 fully saturated rings. The SMILES string of the molecule is COC(=O)CC(C)NCCCCC(C)C. The van der Waals surface area contributed by atoms with E-state index in [1.165, 1.54) is 26.4 Å². The molecular weight excluding hydrogens is 190 g/mol. The molecule has 1 N–H and O–H groups in total. The molecule has 0 aliphatic rings. The van der Waals surface area contributed by atoms with Gasteiger partial charge in [0.1, 0.15) is 0 Å². The van der Waals surface area contributed by atoms with Gasteiger partial charge in [-0.25, -0.2) is 0 Å². The zero-order valence-electron chi connectivity index (χ0n) is 10.5. The van der Waals surface area contributed by atoms with E-state index in [0.29, 0.717) is 6.42 Å². The molecule has 90 valence electrons. The minimum atomic E-state index is -0.141. The normalized spacial score (nSPS) is 12.9. The average Bonchev–Trinajstić information content (AvgIpc) is 2.16. The lowest BCUT2D eigenvalue weighted by atomic mass is 10.1. The Balaban J connectivity index is 3.31. The van der Waals surface area contributed by atoms with Crippen molar-refractivity contribution in [1.82, 2.24) is 5.32 Å². The smallest absolute Gasteiger partial charge is 0.307 e. The topological polar surface area (TPSA) is 38.3 Å². The Hall–Kier alpha value is -0.570. The van der Waals surface area contributed by atoms with Crippen molar-refractivity contribution in [3.05, 3.63) is 0 Å². The molecule has 0 aromatic heterocycles. The predicted molar refractivity (Wildman–Crippen MR) is 62.8 cm³/mol. The third kappa shape index (κ3) is 9.73. The Kier molecular flexibility index (Phi) is 8.38. The van der Waals surface area contributed by atoms with Gasteiger partial charge in [-0.2, -0.15) is 0 Å². The van der Waals surface area contributed by atoms with Crippen LogP contribution in [0.1, 0.15) is 46.5 Å². The van der Waals surface area contributed by atoms with Crippen molar-refractivity contribution in [2.75, 3.05) is 13.7 Å². The van der Waals surface area contributed by atoms with Crippen LogP contribution in [0.5, 0.6) is 0 Å². The Morgan fingerprint density at radius 2 is 1.93 bits per heavy atom. The fourth-order valence-electron chi connectivity index (χ4n) is 1.43. The molecule has 0 bridgehead atoms. The van der Waals surface area contributed by atoms with E-state index in [-0.39, 0.29) is 12.0 Å². The van der Waals surface area contributed by atoms with Gasteiger partial charge in [0.2, 0.25) is 0 Å². The number of rotatable bonds is 8. The van der Waals surface area contributed by atoms with E-state index in [1.54, 1.807) is 0 Å². The van der Waals surface area contributed by atoms with E-state index >= 15 is 0 Å². The summed E-state index contributed by atoms with van der Waals surface area (Å²) in [6.45, 7) is 7.49. The summed E-state index contributed by atoms with van der Waals surface area (Å²) in [5.74, 6) is 0.648. The molecule has 1 unspecified atom stereocenters. The van der Waals surface area contributed by atoms with Gasteiger partial charge in [0, 0.05) is 6.04 Å². The van der Waals surface area contributed by atoms with E-state index in [0.717, 1.165) is 12.5 Å². The standard InChI is InChI=1S/C12H25NO2/c1-10(2)7-5-6-8-13-11(3)9-12(14)15-4/h10-11,13H,5-9H2,1-4H3. The van der Waals surface area contributed by atoms with E-state index in [9.17, 15) is 4.79 Å². The second kappa shape index (κ2) is 8.72. The fraction of sp³-hybridized carbons (Fsp3) is 0.917. The molecule has 0 heterocycles. The Morgan fingerprint density at radius 1 is 1.27 bits per heavy atom. The largest absolute Gasteiger partial charge is 0.469 e. The van der Waals surface area contributed by atoms with Crippen LogP contribution in [0.15, 0.2) is 0 Å². The van der Waals surface area contributed by atoms with Gasteiger partial charge in [0.15, 0.2) is 0 Å². The third-order valence-electron chi connectivity index (χ3n) is 2.40. The molecule has 0 saturated carbocycles. The highest BCUT2D eigenvalue weighted by Crippen LogP contribution is 2.05. The fourth-order valence-corrected chi connectivity index (χ4v) is 1.43. The van der Waals surface area contributed by atoms with Crippen molar-refractivity contribution in [3.63, 3.8) is 0 Å². The number of hydrogen-bond acceptors (Lipinski definition) is 3. The number of esters is 1. The highest BCUT2D eigenvalue weighted by Gasteiger charge is 2.07. The minimum Gasteiger partial charge on any atom is -0.469 e. The lowest BCUT2D eigenvalue weighted by Crippen LogP contribution is -2.29. The minimum absolute atomic E-state index is 0.141. The van der Waals surface area contributed by atoms with E-state index in [1.807, 2.05) is 6.92 Å². The molecule has 0 amide bonds. The van der Waals surface area contributed by atoms with Crippen molar-refractivity contribution in [3.8, 4) is 0 Å². The van der Waals surface area contributed by atoms with Crippen LogP contribution < -0.4 is 5.32 Å². The van der Waals surface area contributed by atoms with Gasteiger partial charge in [0.05, 0.1) is 13.5 Å². The number of nitrogens with one attached hydrogen (secondary N) is 1. The summed E-state index contributed by atoms with van der Waals surface area (Å²) in [7, 11) is 1.43. The lowest BCUT2D eigenvalue weighted by molar-refractivity contribution is -0.141. The maximum Gasteiger partial charge on any atom is 0.307 e. The maximum atomic E-state index is 10.9. The van der Waals surface area contributed by atoms with Gasteiger partial charge >= 0.3 is 5.97 Å².